The van der Waals surface area contributed by atoms with Gasteiger partial charge in [-0.25, -0.2) is 0 Å². The van der Waals surface area contributed by atoms with Crippen LogP contribution in [0.25, 0.3) is 0 Å². The first-order valence-electron chi connectivity index (χ1n) is 6.35. The second kappa shape index (κ2) is 6.14. The molecule has 1 fully saturated rings. The van der Waals surface area contributed by atoms with Gasteiger partial charge >= 0.3 is 5.97 Å². The molecule has 1 saturated carbocycles. The summed E-state index contributed by atoms with van der Waals surface area (Å²) in [5.41, 5.74) is 0. The Morgan fingerprint density at radius 1 is 1.27 bits per heavy atom. The lowest BCUT2D eigenvalue weighted by Crippen LogP contribution is -2.27. The average Bonchev–Trinajstić information content (AvgIpc) is 2.28. The summed E-state index contributed by atoms with van der Waals surface area (Å²) in [6.07, 6.45) is 6.30. The van der Waals surface area contributed by atoms with Crippen molar-refractivity contribution in [3.05, 3.63) is 0 Å². The molecule has 0 amide bonds. The van der Waals surface area contributed by atoms with Crippen LogP contribution in [0.15, 0.2) is 0 Å². The number of hydrogen-bond donors (Lipinski definition) is 0. The molecule has 15 heavy (non-hydrogen) atoms. The largest absolute Gasteiger partial charge is 0.466 e. The van der Waals surface area contributed by atoms with E-state index >= 15 is 0 Å². The van der Waals surface area contributed by atoms with Crippen LogP contribution in [0.4, 0.5) is 0 Å². The molecule has 2 heteroatoms. The van der Waals surface area contributed by atoms with Crippen molar-refractivity contribution < 1.29 is 9.53 Å². The van der Waals surface area contributed by atoms with Gasteiger partial charge in [0.15, 0.2) is 0 Å². The van der Waals surface area contributed by atoms with Crippen LogP contribution >= 0.6 is 0 Å². The van der Waals surface area contributed by atoms with E-state index in [0.29, 0.717) is 12.5 Å². The molecule has 0 unspecified atom stereocenters. The molecule has 0 heterocycles. The zero-order valence-electron chi connectivity index (χ0n) is 10.3. The highest BCUT2D eigenvalue weighted by Gasteiger charge is 2.29. The second-order valence-corrected chi connectivity index (χ2v) is 4.73. The maximum absolute atomic E-state index is 11.6. The third-order valence-electron chi connectivity index (χ3n) is 3.83. The molecule has 1 rings (SSSR count). The summed E-state index contributed by atoms with van der Waals surface area (Å²) in [7, 11) is 0. The van der Waals surface area contributed by atoms with Crippen LogP contribution in [0, 0.1) is 17.8 Å². The van der Waals surface area contributed by atoms with Crippen molar-refractivity contribution in [1.82, 2.24) is 0 Å². The van der Waals surface area contributed by atoms with E-state index in [4.69, 9.17) is 4.74 Å². The summed E-state index contributed by atoms with van der Waals surface area (Å²) < 4.78 is 5.07. The first-order valence-corrected chi connectivity index (χ1v) is 6.35. The first kappa shape index (κ1) is 12.5. The van der Waals surface area contributed by atoms with E-state index in [-0.39, 0.29) is 11.9 Å². The van der Waals surface area contributed by atoms with Crippen LogP contribution in [0.5, 0.6) is 0 Å². The molecule has 88 valence electrons. The van der Waals surface area contributed by atoms with E-state index < -0.39 is 0 Å². The third-order valence-corrected chi connectivity index (χ3v) is 3.83. The molecule has 1 aliphatic carbocycles. The lowest BCUT2D eigenvalue weighted by atomic mass is 9.75. The second-order valence-electron chi connectivity index (χ2n) is 4.73. The molecule has 1 aliphatic rings. The lowest BCUT2D eigenvalue weighted by Gasteiger charge is -2.30. The molecule has 1 atom stereocenters. The minimum Gasteiger partial charge on any atom is -0.466 e. The van der Waals surface area contributed by atoms with Crippen molar-refractivity contribution in [1.29, 1.82) is 0 Å². The summed E-state index contributed by atoms with van der Waals surface area (Å²) in [4.78, 5) is 11.6. The Balaban J connectivity index is 2.35. The Hall–Kier alpha value is -0.530. The van der Waals surface area contributed by atoms with Crippen LogP contribution in [-0.2, 0) is 9.53 Å². The summed E-state index contributed by atoms with van der Waals surface area (Å²) in [5.74, 6) is 1.56. The molecule has 0 aromatic rings. The summed E-state index contributed by atoms with van der Waals surface area (Å²) in [6.45, 7) is 6.67. The standard InChI is InChI=1S/C13H24O2/c1-4-11-6-8-12(9-7-11)10(3)13(14)15-5-2/h10-12H,4-9H2,1-3H3/t10-,11?,12?/m0/s1. The van der Waals surface area contributed by atoms with Gasteiger partial charge in [0.2, 0.25) is 0 Å². The molecule has 0 aromatic carbocycles. The van der Waals surface area contributed by atoms with Gasteiger partial charge in [0.1, 0.15) is 0 Å². The third kappa shape index (κ3) is 3.51. The Morgan fingerprint density at radius 3 is 2.33 bits per heavy atom. The minimum absolute atomic E-state index is 0.00236. The molecule has 0 radical (unpaired) electrons. The number of rotatable bonds is 4. The van der Waals surface area contributed by atoms with Crippen LogP contribution in [0.1, 0.15) is 52.9 Å². The fourth-order valence-corrected chi connectivity index (χ4v) is 2.56. The molecule has 0 spiro atoms. The van der Waals surface area contributed by atoms with Crippen LogP contribution in [0.2, 0.25) is 0 Å². The van der Waals surface area contributed by atoms with Crippen molar-refractivity contribution in [2.75, 3.05) is 6.61 Å². The highest BCUT2D eigenvalue weighted by atomic mass is 16.5. The van der Waals surface area contributed by atoms with Gasteiger partial charge in [0.05, 0.1) is 12.5 Å². The van der Waals surface area contributed by atoms with E-state index in [1.807, 2.05) is 13.8 Å². The molecular weight excluding hydrogens is 188 g/mol. The minimum atomic E-state index is -0.00236. The van der Waals surface area contributed by atoms with Gasteiger partial charge in [-0.05, 0) is 31.6 Å². The predicted octanol–water partition coefficient (Wildman–Crippen LogP) is 3.40. The Bertz CT molecular complexity index is 193. The normalized spacial score (nSPS) is 28.5. The quantitative estimate of drug-likeness (QED) is 0.668. The van der Waals surface area contributed by atoms with Gasteiger partial charge in [0.25, 0.3) is 0 Å². The number of carbonyl (C=O) groups is 1. The van der Waals surface area contributed by atoms with Crippen LogP contribution in [0.3, 0.4) is 0 Å². The fraction of sp³-hybridized carbons (Fsp3) is 0.923. The van der Waals surface area contributed by atoms with Gasteiger partial charge in [0, 0.05) is 0 Å². The molecular formula is C13H24O2. The highest BCUT2D eigenvalue weighted by Crippen LogP contribution is 2.35. The zero-order chi connectivity index (χ0) is 11.3. The zero-order valence-corrected chi connectivity index (χ0v) is 10.3. The number of esters is 1. The maximum atomic E-state index is 11.6. The van der Waals surface area contributed by atoms with Gasteiger partial charge in [-0.15, -0.1) is 0 Å². The van der Waals surface area contributed by atoms with Gasteiger partial charge in [-0.3, -0.25) is 4.79 Å². The van der Waals surface area contributed by atoms with Crippen molar-refractivity contribution in [2.24, 2.45) is 17.8 Å². The smallest absolute Gasteiger partial charge is 0.308 e. The molecule has 0 aromatic heterocycles. The van der Waals surface area contributed by atoms with Crippen molar-refractivity contribution in [2.45, 2.75) is 52.9 Å². The number of ether oxygens (including phenoxy) is 1. The van der Waals surface area contributed by atoms with E-state index in [1.54, 1.807) is 0 Å². The van der Waals surface area contributed by atoms with Gasteiger partial charge < -0.3 is 4.74 Å². The summed E-state index contributed by atoms with van der Waals surface area (Å²) in [6, 6.07) is 0. The first-order chi connectivity index (χ1) is 7.19. The average molecular weight is 212 g/mol. The Morgan fingerprint density at radius 2 is 1.87 bits per heavy atom. The maximum Gasteiger partial charge on any atom is 0.308 e. The van der Waals surface area contributed by atoms with Gasteiger partial charge in [-0.1, -0.05) is 33.1 Å². The molecule has 0 saturated heterocycles. The SMILES string of the molecule is CCOC(=O)[C@@H](C)C1CCC(CC)CC1. The van der Waals surface area contributed by atoms with E-state index in [2.05, 4.69) is 6.92 Å². The molecule has 0 N–H and O–H groups in total. The predicted molar refractivity (Wildman–Crippen MR) is 61.5 cm³/mol. The van der Waals surface area contributed by atoms with E-state index in [9.17, 15) is 4.79 Å². The highest BCUT2D eigenvalue weighted by molar-refractivity contribution is 5.72. The van der Waals surface area contributed by atoms with E-state index in [1.165, 1.54) is 32.1 Å². The molecule has 2 nitrogen and oxygen atoms in total. The van der Waals surface area contributed by atoms with Crippen LogP contribution < -0.4 is 0 Å². The summed E-state index contributed by atoms with van der Waals surface area (Å²) in [5, 5.41) is 0. The van der Waals surface area contributed by atoms with Crippen molar-refractivity contribution >= 4 is 5.97 Å². The molecule has 0 aliphatic heterocycles. The lowest BCUT2D eigenvalue weighted by molar-refractivity contribution is -0.149. The van der Waals surface area contributed by atoms with Gasteiger partial charge in [-0.2, -0.15) is 0 Å². The van der Waals surface area contributed by atoms with E-state index in [0.717, 1.165) is 5.92 Å². The Labute approximate surface area is 93.4 Å². The van der Waals surface area contributed by atoms with Crippen molar-refractivity contribution in [3.8, 4) is 0 Å². The fourth-order valence-electron chi connectivity index (χ4n) is 2.56. The monoisotopic (exact) mass is 212 g/mol. The topological polar surface area (TPSA) is 26.3 Å². The molecule has 0 bridgehead atoms. The summed E-state index contributed by atoms with van der Waals surface area (Å²) >= 11 is 0. The Kier molecular flexibility index (Phi) is 5.13. The number of hydrogen-bond acceptors (Lipinski definition) is 2. The van der Waals surface area contributed by atoms with Crippen molar-refractivity contribution in [3.63, 3.8) is 0 Å². The number of carbonyl (C=O) groups excluding carboxylic acids is 1. The van der Waals surface area contributed by atoms with Crippen LogP contribution in [-0.4, -0.2) is 12.6 Å².